The summed E-state index contributed by atoms with van der Waals surface area (Å²) in [7, 11) is -3.16. The lowest BCUT2D eigenvalue weighted by atomic mass is 10.0. The van der Waals surface area contributed by atoms with E-state index in [1.807, 2.05) is 11.8 Å². The topological polar surface area (TPSA) is 144 Å². The Bertz CT molecular complexity index is 643. The van der Waals surface area contributed by atoms with Gasteiger partial charge in [0.2, 0.25) is 0 Å². The van der Waals surface area contributed by atoms with Gasteiger partial charge < -0.3 is 38.8 Å². The van der Waals surface area contributed by atoms with Gasteiger partial charge in [-0.2, -0.15) is 11.8 Å². The first-order chi connectivity index (χ1) is 15.9. The summed E-state index contributed by atoms with van der Waals surface area (Å²) in [6, 6.07) is 0.422. The highest BCUT2D eigenvalue weighted by atomic mass is 32.2. The number of ketones is 1. The fraction of sp³-hybridized carbons (Fsp3) is 0.900. The number of fused-ring (bicyclic) bond motifs is 1. The maximum absolute atomic E-state index is 12.0. The van der Waals surface area contributed by atoms with Gasteiger partial charge in [0.05, 0.1) is 51.7 Å². The van der Waals surface area contributed by atoms with E-state index in [9.17, 15) is 19.0 Å². The van der Waals surface area contributed by atoms with Gasteiger partial charge in [-0.1, -0.05) is 6.42 Å². The van der Waals surface area contributed by atoms with Gasteiger partial charge in [0.15, 0.2) is 0 Å². The van der Waals surface area contributed by atoms with Crippen molar-refractivity contribution in [3.63, 3.8) is 0 Å². The Morgan fingerprint density at radius 1 is 1.00 bits per heavy atom. The first-order valence-electron chi connectivity index (χ1n) is 11.4. The van der Waals surface area contributed by atoms with Crippen molar-refractivity contribution in [1.29, 1.82) is 0 Å². The van der Waals surface area contributed by atoms with E-state index >= 15 is 0 Å². The normalized spacial score (nSPS) is 23.7. The lowest BCUT2D eigenvalue weighted by Gasteiger charge is -2.19. The third kappa shape index (κ3) is 12.0. The van der Waals surface area contributed by atoms with Gasteiger partial charge >= 0.3 is 6.03 Å². The molecule has 0 radical (unpaired) electrons. The molecule has 2 N–H and O–H groups in total. The van der Waals surface area contributed by atoms with E-state index in [-0.39, 0.29) is 37.1 Å². The Labute approximate surface area is 199 Å². The van der Waals surface area contributed by atoms with Crippen LogP contribution in [0.15, 0.2) is 0 Å². The van der Waals surface area contributed by atoms with Crippen LogP contribution in [0.5, 0.6) is 0 Å². The fourth-order valence-electron chi connectivity index (χ4n) is 3.61. The standard InChI is InChI=1S/C20H37N2O9PS/c1-27-32(25,26)31-14-13-30-12-11-29-10-9-28-8-4-6-16(23)5-2-3-7-18-19-17(15-33-18)21-20(24)22-19/h17-19H,2-15H2,1H3,(H,25,26)(H2,21,22,24)/p-1. The van der Waals surface area contributed by atoms with Gasteiger partial charge in [0.25, 0.3) is 7.82 Å². The second-order valence-electron chi connectivity index (χ2n) is 7.81. The number of ether oxygens (including phenoxy) is 3. The molecule has 0 aliphatic carbocycles. The highest BCUT2D eigenvalue weighted by molar-refractivity contribution is 8.00. The molecule has 0 aromatic carbocycles. The summed E-state index contributed by atoms with van der Waals surface area (Å²) >= 11 is 1.90. The van der Waals surface area contributed by atoms with Crippen molar-refractivity contribution >= 4 is 31.4 Å². The number of hydrogen-bond acceptors (Lipinski definition) is 10. The van der Waals surface area contributed by atoms with Crippen LogP contribution < -0.4 is 15.5 Å². The second-order valence-corrected chi connectivity index (χ2v) is 10.6. The van der Waals surface area contributed by atoms with Gasteiger partial charge in [-0.05, 0) is 19.3 Å². The molecule has 0 aromatic heterocycles. The number of rotatable bonds is 20. The van der Waals surface area contributed by atoms with Crippen molar-refractivity contribution in [2.75, 3.05) is 59.1 Å². The average Bonchev–Trinajstić information content (AvgIpc) is 3.33. The number of thioether (sulfide) groups is 1. The number of carbonyl (C=O) groups excluding carboxylic acids is 2. The Hall–Kier alpha value is -0.720. The smallest absolute Gasteiger partial charge is 0.315 e. The lowest BCUT2D eigenvalue weighted by Crippen LogP contribution is -2.36. The maximum Gasteiger partial charge on any atom is 0.315 e. The summed E-state index contributed by atoms with van der Waals surface area (Å²) in [5.41, 5.74) is 0. The first kappa shape index (κ1) is 28.5. The van der Waals surface area contributed by atoms with Crippen molar-refractivity contribution in [2.24, 2.45) is 0 Å². The summed E-state index contributed by atoms with van der Waals surface area (Å²) in [5, 5.41) is 6.38. The first-order valence-corrected chi connectivity index (χ1v) is 13.9. The van der Waals surface area contributed by atoms with Gasteiger partial charge in [0, 0.05) is 37.6 Å². The fourth-order valence-corrected chi connectivity index (χ4v) is 5.56. The van der Waals surface area contributed by atoms with Crippen LogP contribution >= 0.6 is 19.6 Å². The molecule has 4 atom stereocenters. The molecule has 33 heavy (non-hydrogen) atoms. The van der Waals surface area contributed by atoms with Crippen LogP contribution in [0.1, 0.15) is 38.5 Å². The van der Waals surface area contributed by atoms with E-state index in [0.717, 1.165) is 32.1 Å². The zero-order valence-corrected chi connectivity index (χ0v) is 20.9. The lowest BCUT2D eigenvalue weighted by molar-refractivity contribution is -0.223. The number of carbonyl (C=O) groups is 2. The zero-order chi connectivity index (χ0) is 23.9. The maximum atomic E-state index is 12.0. The molecule has 0 bridgehead atoms. The molecule has 0 spiro atoms. The molecule has 2 heterocycles. The van der Waals surface area contributed by atoms with Crippen LogP contribution in [0.2, 0.25) is 0 Å². The third-order valence-electron chi connectivity index (χ3n) is 5.32. The predicted octanol–water partition coefficient (Wildman–Crippen LogP) is 1.24. The molecular weight excluding hydrogens is 475 g/mol. The van der Waals surface area contributed by atoms with Crippen molar-refractivity contribution < 1.29 is 42.3 Å². The minimum Gasteiger partial charge on any atom is -0.756 e. The van der Waals surface area contributed by atoms with E-state index < -0.39 is 7.82 Å². The Kier molecular flexibility index (Phi) is 13.9. The van der Waals surface area contributed by atoms with E-state index in [4.69, 9.17) is 14.2 Å². The molecule has 2 rings (SSSR count). The molecule has 13 heteroatoms. The number of nitrogens with one attached hydrogen (secondary N) is 2. The Balaban J connectivity index is 1.30. The Morgan fingerprint density at radius 3 is 2.33 bits per heavy atom. The largest absolute Gasteiger partial charge is 0.756 e. The molecule has 0 aromatic rings. The summed E-state index contributed by atoms with van der Waals surface area (Å²) in [4.78, 5) is 34.3. The molecule has 2 aliphatic rings. The third-order valence-corrected chi connectivity index (χ3v) is 7.78. The van der Waals surface area contributed by atoms with Gasteiger partial charge in [-0.25, -0.2) is 4.79 Å². The quantitative estimate of drug-likeness (QED) is 0.139. The minimum absolute atomic E-state index is 0.0605. The van der Waals surface area contributed by atoms with Gasteiger partial charge in [0.1, 0.15) is 5.78 Å². The van der Waals surface area contributed by atoms with Crippen LogP contribution in [-0.4, -0.2) is 88.3 Å². The van der Waals surface area contributed by atoms with Crippen LogP contribution in [0.25, 0.3) is 0 Å². The molecule has 2 aliphatic heterocycles. The van der Waals surface area contributed by atoms with E-state index in [1.165, 1.54) is 0 Å². The second kappa shape index (κ2) is 16.0. The number of hydrogen-bond donors (Lipinski definition) is 2. The highest BCUT2D eigenvalue weighted by Gasteiger charge is 2.42. The van der Waals surface area contributed by atoms with Crippen LogP contribution in [0, 0.1) is 0 Å². The van der Waals surface area contributed by atoms with Crippen molar-refractivity contribution in [3.8, 4) is 0 Å². The summed E-state index contributed by atoms with van der Waals surface area (Å²) in [6.07, 6.45) is 4.74. The monoisotopic (exact) mass is 511 g/mol. The van der Waals surface area contributed by atoms with Gasteiger partial charge in [-0.3, -0.25) is 9.36 Å². The molecule has 11 nitrogen and oxygen atoms in total. The molecule has 2 saturated heterocycles. The van der Waals surface area contributed by atoms with Crippen LogP contribution in [0.3, 0.4) is 0 Å². The number of Topliss-reactive ketones (excluding diaryl/α,β-unsaturated/α-hetero) is 1. The number of unbranched alkanes of at least 4 members (excludes halogenated alkanes) is 1. The van der Waals surface area contributed by atoms with E-state index in [1.54, 1.807) is 0 Å². The number of amides is 2. The number of phosphoric acid groups is 1. The van der Waals surface area contributed by atoms with Gasteiger partial charge in [-0.15, -0.1) is 0 Å². The molecule has 2 amide bonds. The zero-order valence-electron chi connectivity index (χ0n) is 19.2. The molecule has 4 unspecified atom stereocenters. The average molecular weight is 512 g/mol. The summed E-state index contributed by atoms with van der Waals surface area (Å²) in [5.74, 6) is 1.23. The molecule has 192 valence electrons. The molecular formula is C20H36N2O9PS-. The van der Waals surface area contributed by atoms with Crippen molar-refractivity contribution in [1.82, 2.24) is 10.6 Å². The number of urea groups is 1. The molecule has 0 saturated carbocycles. The minimum atomic E-state index is -4.19. The van der Waals surface area contributed by atoms with Crippen molar-refractivity contribution in [3.05, 3.63) is 0 Å². The summed E-state index contributed by atoms with van der Waals surface area (Å²) in [6.45, 7) is 2.09. The van der Waals surface area contributed by atoms with Crippen LogP contribution in [0.4, 0.5) is 4.79 Å². The highest BCUT2D eigenvalue weighted by Crippen LogP contribution is 2.36. The summed E-state index contributed by atoms with van der Waals surface area (Å²) < 4.78 is 35.5. The van der Waals surface area contributed by atoms with E-state index in [2.05, 4.69) is 19.7 Å². The number of phosphoric ester groups is 1. The SMILES string of the molecule is COP(=O)([O-])OCCOCCOCCOCCCC(=O)CCCCC1SCC2NC(=O)NC21. The van der Waals surface area contributed by atoms with Crippen molar-refractivity contribution in [2.45, 2.75) is 55.9 Å². The Morgan fingerprint density at radius 2 is 1.64 bits per heavy atom. The van der Waals surface area contributed by atoms with Crippen LogP contribution in [-0.2, 0) is 32.6 Å². The van der Waals surface area contributed by atoms with E-state index in [0.29, 0.717) is 57.5 Å². The molecule has 2 fully saturated rings. The predicted molar refractivity (Wildman–Crippen MR) is 121 cm³/mol.